The zero-order chi connectivity index (χ0) is 22.1. The molecule has 0 saturated heterocycles. The fourth-order valence-corrected chi connectivity index (χ4v) is 3.46. The van der Waals surface area contributed by atoms with Gasteiger partial charge in [0.05, 0.1) is 16.5 Å². The summed E-state index contributed by atoms with van der Waals surface area (Å²) < 4.78 is 11.4. The van der Waals surface area contributed by atoms with Crippen molar-refractivity contribution in [2.24, 2.45) is 0 Å². The SMILES string of the molecule is Cc1cc(C(=O)NNC(=O)c2cccc3c(=O)c(C)c(-c4ccccc4)oc23)c(C)o1. The maximum atomic E-state index is 12.9. The average molecular weight is 416 g/mol. The van der Waals surface area contributed by atoms with Gasteiger partial charge >= 0.3 is 0 Å². The van der Waals surface area contributed by atoms with Crippen LogP contribution in [-0.4, -0.2) is 11.8 Å². The Morgan fingerprint density at radius 3 is 2.13 bits per heavy atom. The molecule has 4 aromatic rings. The number of nitrogens with one attached hydrogen (secondary N) is 2. The maximum Gasteiger partial charge on any atom is 0.273 e. The summed E-state index contributed by atoms with van der Waals surface area (Å²) in [6, 6.07) is 15.5. The van der Waals surface area contributed by atoms with Crippen molar-refractivity contribution >= 4 is 22.8 Å². The van der Waals surface area contributed by atoms with Gasteiger partial charge in [-0.1, -0.05) is 36.4 Å². The molecule has 0 unspecified atom stereocenters. The van der Waals surface area contributed by atoms with Crippen molar-refractivity contribution in [1.82, 2.24) is 10.9 Å². The van der Waals surface area contributed by atoms with Crippen LogP contribution in [0, 0.1) is 20.8 Å². The van der Waals surface area contributed by atoms with Gasteiger partial charge in [0, 0.05) is 11.1 Å². The zero-order valence-electron chi connectivity index (χ0n) is 17.2. The molecule has 0 aliphatic rings. The van der Waals surface area contributed by atoms with Crippen molar-refractivity contribution < 1.29 is 18.4 Å². The number of rotatable bonds is 3. The van der Waals surface area contributed by atoms with Gasteiger partial charge in [-0.2, -0.15) is 0 Å². The van der Waals surface area contributed by atoms with E-state index in [4.69, 9.17) is 8.83 Å². The molecule has 0 aliphatic heterocycles. The van der Waals surface area contributed by atoms with Gasteiger partial charge in [0.1, 0.15) is 17.3 Å². The van der Waals surface area contributed by atoms with Crippen molar-refractivity contribution in [2.75, 3.05) is 0 Å². The Bertz CT molecular complexity index is 1370. The minimum atomic E-state index is -0.608. The molecule has 7 heteroatoms. The summed E-state index contributed by atoms with van der Waals surface area (Å²) in [5, 5.41) is 0.289. The van der Waals surface area contributed by atoms with E-state index in [2.05, 4.69) is 10.9 Å². The fraction of sp³-hybridized carbons (Fsp3) is 0.125. The Balaban J connectivity index is 1.69. The Kier molecular flexibility index (Phi) is 5.17. The maximum absolute atomic E-state index is 12.9. The highest BCUT2D eigenvalue weighted by atomic mass is 16.3. The Labute approximate surface area is 177 Å². The number of carbonyl (C=O) groups is 2. The van der Waals surface area contributed by atoms with Gasteiger partial charge in [0.2, 0.25) is 0 Å². The molecule has 2 N–H and O–H groups in total. The molecule has 2 heterocycles. The smallest absolute Gasteiger partial charge is 0.273 e. The van der Waals surface area contributed by atoms with Crippen LogP contribution in [0.4, 0.5) is 0 Å². The molecule has 0 saturated carbocycles. The molecular formula is C24H20N2O5. The second-order valence-electron chi connectivity index (χ2n) is 7.17. The number of amides is 2. The van der Waals surface area contributed by atoms with E-state index in [-0.39, 0.29) is 22.0 Å². The van der Waals surface area contributed by atoms with E-state index < -0.39 is 11.8 Å². The third kappa shape index (κ3) is 3.73. The van der Waals surface area contributed by atoms with Gasteiger partial charge in [0.15, 0.2) is 11.0 Å². The molecule has 4 rings (SSSR count). The van der Waals surface area contributed by atoms with Gasteiger partial charge < -0.3 is 8.83 Å². The summed E-state index contributed by atoms with van der Waals surface area (Å²) in [5.74, 6) is 0.317. The monoisotopic (exact) mass is 416 g/mol. The molecule has 2 amide bonds. The van der Waals surface area contributed by atoms with Gasteiger partial charge in [-0.05, 0) is 39.0 Å². The number of fused-ring (bicyclic) bond motifs is 1. The third-order valence-electron chi connectivity index (χ3n) is 5.00. The van der Waals surface area contributed by atoms with E-state index in [0.29, 0.717) is 28.4 Å². The van der Waals surface area contributed by atoms with Crippen molar-refractivity contribution in [3.8, 4) is 11.3 Å². The number of benzene rings is 2. The lowest BCUT2D eigenvalue weighted by Crippen LogP contribution is -2.41. The summed E-state index contributed by atoms with van der Waals surface area (Å²) in [5.41, 5.74) is 6.32. The Hall–Kier alpha value is -4.13. The first-order chi connectivity index (χ1) is 14.9. The lowest BCUT2D eigenvalue weighted by Gasteiger charge is -2.11. The number of furan rings is 1. The van der Waals surface area contributed by atoms with E-state index in [1.807, 2.05) is 30.3 Å². The Morgan fingerprint density at radius 1 is 0.806 bits per heavy atom. The summed E-state index contributed by atoms with van der Waals surface area (Å²) in [6.45, 7) is 5.08. The highest BCUT2D eigenvalue weighted by molar-refractivity contribution is 6.06. The summed E-state index contributed by atoms with van der Waals surface area (Å²) in [4.78, 5) is 38.1. The highest BCUT2D eigenvalue weighted by Crippen LogP contribution is 2.27. The van der Waals surface area contributed by atoms with Crippen LogP contribution >= 0.6 is 0 Å². The molecule has 0 spiro atoms. The standard InChI is InChI=1S/C24H20N2O5/c1-13-12-19(15(3)30-13)24(29)26-25-23(28)18-11-7-10-17-20(27)14(2)21(31-22(17)18)16-8-5-4-6-9-16/h4-12H,1-3H3,(H,25,28)(H,26,29). The van der Waals surface area contributed by atoms with Crippen LogP contribution in [0.1, 0.15) is 37.8 Å². The second-order valence-corrected chi connectivity index (χ2v) is 7.17. The van der Waals surface area contributed by atoms with Crippen LogP contribution in [0.15, 0.2) is 68.2 Å². The summed E-state index contributed by atoms with van der Waals surface area (Å²) in [7, 11) is 0. The van der Waals surface area contributed by atoms with Crippen LogP contribution < -0.4 is 16.3 Å². The van der Waals surface area contributed by atoms with E-state index >= 15 is 0 Å². The van der Waals surface area contributed by atoms with Crippen LogP contribution in [0.5, 0.6) is 0 Å². The Morgan fingerprint density at radius 2 is 1.48 bits per heavy atom. The summed E-state index contributed by atoms with van der Waals surface area (Å²) >= 11 is 0. The number of hydrazine groups is 1. The number of hydrogen-bond acceptors (Lipinski definition) is 5. The molecule has 31 heavy (non-hydrogen) atoms. The number of para-hydroxylation sites is 1. The van der Waals surface area contributed by atoms with Crippen LogP contribution in [0.3, 0.4) is 0 Å². The predicted molar refractivity (Wildman–Crippen MR) is 116 cm³/mol. The van der Waals surface area contributed by atoms with E-state index in [9.17, 15) is 14.4 Å². The van der Waals surface area contributed by atoms with Gasteiger partial charge in [0.25, 0.3) is 11.8 Å². The topological polar surface area (TPSA) is 102 Å². The third-order valence-corrected chi connectivity index (χ3v) is 5.00. The van der Waals surface area contributed by atoms with Gasteiger partial charge in [-0.25, -0.2) is 0 Å². The molecule has 7 nitrogen and oxygen atoms in total. The number of hydrogen-bond donors (Lipinski definition) is 2. The molecule has 0 atom stereocenters. The quantitative estimate of drug-likeness (QED) is 0.491. The van der Waals surface area contributed by atoms with Gasteiger partial charge in [-0.3, -0.25) is 25.2 Å². The van der Waals surface area contributed by atoms with Crippen molar-refractivity contribution in [3.05, 3.63) is 93.0 Å². The molecular weight excluding hydrogens is 396 g/mol. The molecule has 0 radical (unpaired) electrons. The number of carbonyl (C=O) groups excluding carboxylic acids is 2. The average Bonchev–Trinajstić information content (AvgIpc) is 3.12. The predicted octanol–water partition coefficient (Wildman–Crippen LogP) is 4.05. The van der Waals surface area contributed by atoms with Crippen molar-refractivity contribution in [2.45, 2.75) is 20.8 Å². The minimum absolute atomic E-state index is 0.132. The summed E-state index contributed by atoms with van der Waals surface area (Å²) in [6.07, 6.45) is 0. The molecule has 0 bridgehead atoms. The number of aryl methyl sites for hydroxylation is 2. The van der Waals surface area contributed by atoms with Crippen LogP contribution in [-0.2, 0) is 0 Å². The zero-order valence-corrected chi connectivity index (χ0v) is 17.2. The molecule has 2 aromatic heterocycles. The molecule has 2 aromatic carbocycles. The second kappa shape index (κ2) is 7.95. The molecule has 0 aliphatic carbocycles. The van der Waals surface area contributed by atoms with Crippen molar-refractivity contribution in [1.29, 1.82) is 0 Å². The largest absolute Gasteiger partial charge is 0.466 e. The lowest BCUT2D eigenvalue weighted by atomic mass is 10.0. The first-order valence-electron chi connectivity index (χ1n) is 9.66. The van der Waals surface area contributed by atoms with Crippen LogP contribution in [0.25, 0.3) is 22.3 Å². The lowest BCUT2D eigenvalue weighted by molar-refractivity contribution is 0.0846. The molecule has 156 valence electrons. The normalized spacial score (nSPS) is 10.8. The van der Waals surface area contributed by atoms with E-state index in [0.717, 1.165) is 5.56 Å². The van der Waals surface area contributed by atoms with Crippen LogP contribution in [0.2, 0.25) is 0 Å². The fourth-order valence-electron chi connectivity index (χ4n) is 3.46. The van der Waals surface area contributed by atoms with Gasteiger partial charge in [-0.15, -0.1) is 0 Å². The van der Waals surface area contributed by atoms with Crippen molar-refractivity contribution in [3.63, 3.8) is 0 Å². The highest BCUT2D eigenvalue weighted by Gasteiger charge is 2.20. The van der Waals surface area contributed by atoms with E-state index in [1.54, 1.807) is 39.0 Å². The first-order valence-corrected chi connectivity index (χ1v) is 9.66. The molecule has 0 fully saturated rings. The first kappa shape index (κ1) is 20.2. The van der Waals surface area contributed by atoms with E-state index in [1.165, 1.54) is 6.07 Å². The minimum Gasteiger partial charge on any atom is -0.466 e.